The Labute approximate surface area is 127 Å². The minimum Gasteiger partial charge on any atom is -0.493 e. The third-order valence-electron chi connectivity index (χ3n) is 3.48. The standard InChI is InChI=1S/C15H16ClN3O2/c1-8-11(7-19(2)18-8)14(17)12-5-9-4-10(16)6-13(20-3)15(9)21-12/h4-7,14H,17H2,1-3H3. The van der Waals surface area contributed by atoms with Gasteiger partial charge in [-0.15, -0.1) is 0 Å². The fraction of sp³-hybridized carbons (Fsp3) is 0.267. The highest BCUT2D eigenvalue weighted by molar-refractivity contribution is 6.31. The van der Waals surface area contributed by atoms with Gasteiger partial charge in [-0.1, -0.05) is 11.6 Å². The first-order valence-electron chi connectivity index (χ1n) is 6.52. The summed E-state index contributed by atoms with van der Waals surface area (Å²) >= 11 is 6.07. The van der Waals surface area contributed by atoms with E-state index in [1.54, 1.807) is 17.9 Å². The van der Waals surface area contributed by atoms with Crippen LogP contribution in [-0.2, 0) is 7.05 Å². The fourth-order valence-electron chi connectivity index (χ4n) is 2.49. The van der Waals surface area contributed by atoms with E-state index in [9.17, 15) is 0 Å². The lowest BCUT2D eigenvalue weighted by molar-refractivity contribution is 0.406. The number of methoxy groups -OCH3 is 1. The van der Waals surface area contributed by atoms with Crippen molar-refractivity contribution < 1.29 is 9.15 Å². The van der Waals surface area contributed by atoms with Crippen molar-refractivity contribution >= 4 is 22.6 Å². The molecule has 110 valence electrons. The zero-order valence-corrected chi connectivity index (χ0v) is 12.8. The summed E-state index contributed by atoms with van der Waals surface area (Å²) in [4.78, 5) is 0. The summed E-state index contributed by atoms with van der Waals surface area (Å²) in [5.41, 5.74) is 8.77. The van der Waals surface area contributed by atoms with Crippen molar-refractivity contribution in [3.63, 3.8) is 0 Å². The van der Waals surface area contributed by atoms with Crippen molar-refractivity contribution in [3.05, 3.63) is 46.4 Å². The van der Waals surface area contributed by atoms with Crippen LogP contribution in [0, 0.1) is 6.92 Å². The molecule has 3 rings (SSSR count). The second-order valence-electron chi connectivity index (χ2n) is 5.00. The average Bonchev–Trinajstić information content (AvgIpc) is 3.00. The van der Waals surface area contributed by atoms with Crippen LogP contribution in [0.25, 0.3) is 11.0 Å². The van der Waals surface area contributed by atoms with Gasteiger partial charge in [0, 0.05) is 35.3 Å². The normalized spacial score (nSPS) is 12.8. The van der Waals surface area contributed by atoms with Crippen LogP contribution < -0.4 is 10.5 Å². The molecule has 21 heavy (non-hydrogen) atoms. The smallest absolute Gasteiger partial charge is 0.176 e. The van der Waals surface area contributed by atoms with Gasteiger partial charge in [0.2, 0.25) is 0 Å². The first kappa shape index (κ1) is 14.0. The topological polar surface area (TPSA) is 66.2 Å². The quantitative estimate of drug-likeness (QED) is 0.807. The second-order valence-corrected chi connectivity index (χ2v) is 5.43. The Bertz CT molecular complexity index is 807. The van der Waals surface area contributed by atoms with Gasteiger partial charge in [0.25, 0.3) is 0 Å². The number of fused-ring (bicyclic) bond motifs is 1. The second kappa shape index (κ2) is 5.09. The van der Waals surface area contributed by atoms with E-state index in [-0.39, 0.29) is 6.04 Å². The van der Waals surface area contributed by atoms with E-state index in [4.69, 9.17) is 26.5 Å². The van der Waals surface area contributed by atoms with Gasteiger partial charge in [-0.05, 0) is 19.1 Å². The molecular weight excluding hydrogens is 290 g/mol. The monoisotopic (exact) mass is 305 g/mol. The van der Waals surface area contributed by atoms with Crippen LogP contribution >= 0.6 is 11.6 Å². The molecule has 1 aromatic carbocycles. The van der Waals surface area contributed by atoms with Gasteiger partial charge in [-0.2, -0.15) is 5.10 Å². The summed E-state index contributed by atoms with van der Waals surface area (Å²) in [5, 5.41) is 5.77. The zero-order valence-electron chi connectivity index (χ0n) is 12.1. The molecule has 2 heterocycles. The van der Waals surface area contributed by atoms with E-state index in [0.717, 1.165) is 16.6 Å². The summed E-state index contributed by atoms with van der Waals surface area (Å²) < 4.78 is 12.9. The average molecular weight is 306 g/mol. The maximum atomic E-state index is 6.30. The largest absolute Gasteiger partial charge is 0.493 e. The predicted molar refractivity (Wildman–Crippen MR) is 81.8 cm³/mol. The summed E-state index contributed by atoms with van der Waals surface area (Å²) in [6.45, 7) is 1.93. The first-order chi connectivity index (χ1) is 9.99. The van der Waals surface area contributed by atoms with E-state index in [0.29, 0.717) is 22.1 Å². The number of aromatic nitrogens is 2. The molecule has 0 aliphatic heterocycles. The van der Waals surface area contributed by atoms with Crippen LogP contribution in [0.4, 0.5) is 0 Å². The summed E-state index contributed by atoms with van der Waals surface area (Å²) in [6, 6.07) is 5.06. The molecule has 1 atom stereocenters. The van der Waals surface area contributed by atoms with Gasteiger partial charge in [0.05, 0.1) is 18.8 Å². The van der Waals surface area contributed by atoms with Crippen LogP contribution in [0.3, 0.4) is 0 Å². The first-order valence-corrected chi connectivity index (χ1v) is 6.90. The van der Waals surface area contributed by atoms with Crippen LogP contribution in [0.15, 0.2) is 28.8 Å². The van der Waals surface area contributed by atoms with Crippen LogP contribution in [0.2, 0.25) is 5.02 Å². The van der Waals surface area contributed by atoms with Crippen molar-refractivity contribution in [1.29, 1.82) is 0 Å². The van der Waals surface area contributed by atoms with E-state index < -0.39 is 0 Å². The van der Waals surface area contributed by atoms with Gasteiger partial charge in [0.1, 0.15) is 5.76 Å². The third-order valence-corrected chi connectivity index (χ3v) is 3.70. The minimum absolute atomic E-state index is 0.380. The van der Waals surface area contributed by atoms with Gasteiger partial charge in [0.15, 0.2) is 11.3 Å². The van der Waals surface area contributed by atoms with Crippen LogP contribution in [-0.4, -0.2) is 16.9 Å². The zero-order chi connectivity index (χ0) is 15.1. The Hall–Kier alpha value is -1.98. The Morgan fingerprint density at radius 3 is 2.76 bits per heavy atom. The lowest BCUT2D eigenvalue weighted by Crippen LogP contribution is -2.11. The molecule has 0 bridgehead atoms. The van der Waals surface area contributed by atoms with Gasteiger partial charge in [-0.25, -0.2) is 0 Å². The molecule has 0 radical (unpaired) electrons. The summed E-state index contributed by atoms with van der Waals surface area (Å²) in [5.74, 6) is 1.25. The molecule has 2 N–H and O–H groups in total. The lowest BCUT2D eigenvalue weighted by Gasteiger charge is -2.06. The third kappa shape index (κ3) is 2.39. The number of halogens is 1. The van der Waals surface area contributed by atoms with Crippen molar-refractivity contribution in [2.24, 2.45) is 12.8 Å². The number of ether oxygens (including phenoxy) is 1. The number of nitrogens with zero attached hydrogens (tertiary/aromatic N) is 2. The number of hydrogen-bond donors (Lipinski definition) is 1. The number of nitrogens with two attached hydrogens (primary N) is 1. The highest BCUT2D eigenvalue weighted by Crippen LogP contribution is 2.35. The minimum atomic E-state index is -0.380. The molecule has 0 spiro atoms. The van der Waals surface area contributed by atoms with E-state index in [1.807, 2.05) is 32.3 Å². The van der Waals surface area contributed by atoms with Crippen molar-refractivity contribution in [2.45, 2.75) is 13.0 Å². The van der Waals surface area contributed by atoms with Crippen molar-refractivity contribution in [2.75, 3.05) is 7.11 Å². The summed E-state index contributed by atoms with van der Waals surface area (Å²) in [7, 11) is 3.45. The lowest BCUT2D eigenvalue weighted by atomic mass is 10.1. The molecule has 0 aliphatic rings. The number of benzene rings is 1. The van der Waals surface area contributed by atoms with E-state index in [1.165, 1.54) is 0 Å². The van der Waals surface area contributed by atoms with Gasteiger partial charge < -0.3 is 14.9 Å². The Morgan fingerprint density at radius 2 is 2.14 bits per heavy atom. The molecule has 0 saturated carbocycles. The summed E-state index contributed by atoms with van der Waals surface area (Å²) in [6.07, 6.45) is 1.90. The predicted octanol–water partition coefficient (Wildman–Crippen LogP) is 3.18. The molecule has 0 saturated heterocycles. The maximum absolute atomic E-state index is 6.30. The molecule has 6 heteroatoms. The molecule has 1 unspecified atom stereocenters. The molecule has 0 fully saturated rings. The molecule has 0 aliphatic carbocycles. The van der Waals surface area contributed by atoms with Crippen LogP contribution in [0.1, 0.15) is 23.1 Å². The number of hydrogen-bond acceptors (Lipinski definition) is 4. The molecule has 0 amide bonds. The maximum Gasteiger partial charge on any atom is 0.176 e. The van der Waals surface area contributed by atoms with Crippen LogP contribution in [0.5, 0.6) is 5.75 Å². The van der Waals surface area contributed by atoms with E-state index >= 15 is 0 Å². The van der Waals surface area contributed by atoms with Crippen molar-refractivity contribution in [1.82, 2.24) is 9.78 Å². The molecule has 5 nitrogen and oxygen atoms in total. The van der Waals surface area contributed by atoms with Gasteiger partial charge in [-0.3, -0.25) is 4.68 Å². The highest BCUT2D eigenvalue weighted by Gasteiger charge is 2.20. The molecular formula is C15H16ClN3O2. The van der Waals surface area contributed by atoms with Crippen molar-refractivity contribution in [3.8, 4) is 5.75 Å². The SMILES string of the molecule is COc1cc(Cl)cc2cc(C(N)c3cn(C)nc3C)oc12. The Morgan fingerprint density at radius 1 is 1.38 bits per heavy atom. The molecule has 2 aromatic heterocycles. The fourth-order valence-corrected chi connectivity index (χ4v) is 2.70. The Kier molecular flexibility index (Phi) is 3.39. The number of furan rings is 1. The highest BCUT2D eigenvalue weighted by atomic mass is 35.5. The molecule has 3 aromatic rings. The number of rotatable bonds is 3. The Balaban J connectivity index is 2.10. The number of aryl methyl sites for hydroxylation is 2. The van der Waals surface area contributed by atoms with Gasteiger partial charge >= 0.3 is 0 Å². The van der Waals surface area contributed by atoms with E-state index in [2.05, 4.69) is 5.10 Å².